The molecule has 4 nitrogen and oxygen atoms in total. The van der Waals surface area contributed by atoms with Crippen LogP contribution in [0.1, 0.15) is 31.2 Å². The van der Waals surface area contributed by atoms with E-state index in [1.807, 2.05) is 30.3 Å². The minimum Gasteiger partial charge on any atom is -0.481 e. The smallest absolute Gasteiger partial charge is 0.307 e. The van der Waals surface area contributed by atoms with E-state index in [1.54, 1.807) is 0 Å². The normalized spacial score (nSPS) is 22.7. The quantitative estimate of drug-likeness (QED) is 0.873. The average Bonchev–Trinajstić information content (AvgIpc) is 2.46. The van der Waals surface area contributed by atoms with E-state index in [0.717, 1.165) is 18.4 Å². The summed E-state index contributed by atoms with van der Waals surface area (Å²) in [6.45, 7) is 0.461. The molecule has 0 spiro atoms. The minimum atomic E-state index is -0.848. The molecule has 2 rings (SSSR count). The second-order valence-electron chi connectivity index (χ2n) is 5.04. The largest absolute Gasteiger partial charge is 0.481 e. The lowest BCUT2D eigenvalue weighted by Gasteiger charge is -2.27. The molecule has 19 heavy (non-hydrogen) atoms. The molecule has 2 N–H and O–H groups in total. The maximum Gasteiger partial charge on any atom is 0.307 e. The Balaban J connectivity index is 1.93. The van der Waals surface area contributed by atoms with Crippen LogP contribution >= 0.6 is 0 Å². The summed E-state index contributed by atoms with van der Waals surface area (Å²) < 4.78 is 0. The van der Waals surface area contributed by atoms with Crippen LogP contribution in [0.5, 0.6) is 0 Å². The molecule has 0 bridgehead atoms. The summed E-state index contributed by atoms with van der Waals surface area (Å²) in [5, 5.41) is 12.0. The summed E-state index contributed by atoms with van der Waals surface area (Å²) in [7, 11) is 0. The van der Waals surface area contributed by atoms with Gasteiger partial charge in [-0.2, -0.15) is 0 Å². The highest BCUT2D eigenvalue weighted by atomic mass is 16.4. The summed E-state index contributed by atoms with van der Waals surface area (Å²) in [6.07, 6.45) is 3.13. The van der Waals surface area contributed by atoms with Crippen molar-refractivity contribution in [2.24, 2.45) is 11.8 Å². The lowest BCUT2D eigenvalue weighted by atomic mass is 9.78. The number of nitrogens with one attached hydrogen (secondary N) is 1. The molecule has 102 valence electrons. The van der Waals surface area contributed by atoms with Crippen molar-refractivity contribution in [3.8, 4) is 0 Å². The molecule has 1 fully saturated rings. The highest BCUT2D eigenvalue weighted by Gasteiger charge is 2.35. The van der Waals surface area contributed by atoms with E-state index >= 15 is 0 Å². The maximum atomic E-state index is 12.1. The minimum absolute atomic E-state index is 0.129. The molecular weight excluding hydrogens is 242 g/mol. The van der Waals surface area contributed by atoms with Crippen molar-refractivity contribution < 1.29 is 14.7 Å². The van der Waals surface area contributed by atoms with E-state index in [9.17, 15) is 9.59 Å². The summed E-state index contributed by atoms with van der Waals surface area (Å²) in [4.78, 5) is 23.3. The first-order valence-corrected chi connectivity index (χ1v) is 6.73. The van der Waals surface area contributed by atoms with Crippen LogP contribution in [0.4, 0.5) is 0 Å². The maximum absolute atomic E-state index is 12.1. The molecular formula is C15H19NO3. The van der Waals surface area contributed by atoms with Gasteiger partial charge in [0.05, 0.1) is 11.8 Å². The van der Waals surface area contributed by atoms with Crippen LogP contribution in [0.15, 0.2) is 30.3 Å². The van der Waals surface area contributed by atoms with Gasteiger partial charge < -0.3 is 10.4 Å². The van der Waals surface area contributed by atoms with Gasteiger partial charge in [-0.05, 0) is 18.4 Å². The average molecular weight is 261 g/mol. The van der Waals surface area contributed by atoms with Crippen molar-refractivity contribution in [2.75, 3.05) is 0 Å². The van der Waals surface area contributed by atoms with E-state index in [1.165, 1.54) is 0 Å². The fourth-order valence-electron chi connectivity index (χ4n) is 2.66. The van der Waals surface area contributed by atoms with Gasteiger partial charge in [-0.15, -0.1) is 0 Å². The van der Waals surface area contributed by atoms with Gasteiger partial charge in [0.25, 0.3) is 0 Å². The van der Waals surface area contributed by atoms with Gasteiger partial charge in [-0.25, -0.2) is 0 Å². The zero-order valence-electron chi connectivity index (χ0n) is 10.8. The number of aliphatic carboxylic acids is 1. The first-order chi connectivity index (χ1) is 9.18. The Labute approximate surface area is 112 Å². The van der Waals surface area contributed by atoms with Gasteiger partial charge in [-0.1, -0.05) is 43.2 Å². The van der Waals surface area contributed by atoms with E-state index in [0.29, 0.717) is 19.4 Å². The highest BCUT2D eigenvalue weighted by molar-refractivity contribution is 5.84. The molecule has 1 amide bonds. The standard InChI is InChI=1S/C15H19NO3/c17-14(16-10-11-6-2-1-3-7-11)12-8-4-5-9-13(12)15(18)19/h1-3,6-7,12-13H,4-5,8-10H2,(H,16,17)(H,18,19)/t12-,13+/m1/s1. The topological polar surface area (TPSA) is 66.4 Å². The van der Waals surface area contributed by atoms with Crippen molar-refractivity contribution in [3.05, 3.63) is 35.9 Å². The third kappa shape index (κ3) is 3.56. The van der Waals surface area contributed by atoms with Crippen LogP contribution in [0.25, 0.3) is 0 Å². The molecule has 0 aromatic heterocycles. The van der Waals surface area contributed by atoms with Gasteiger partial charge >= 0.3 is 5.97 Å². The Bertz CT molecular complexity index is 444. The molecule has 1 aromatic rings. The third-order valence-electron chi connectivity index (χ3n) is 3.73. The molecule has 0 unspecified atom stereocenters. The van der Waals surface area contributed by atoms with Crippen LogP contribution in [0, 0.1) is 11.8 Å². The predicted molar refractivity (Wildman–Crippen MR) is 71.4 cm³/mol. The van der Waals surface area contributed by atoms with E-state index < -0.39 is 11.9 Å². The first-order valence-electron chi connectivity index (χ1n) is 6.73. The Morgan fingerprint density at radius 1 is 1.11 bits per heavy atom. The van der Waals surface area contributed by atoms with Gasteiger partial charge in [0.15, 0.2) is 0 Å². The number of carboxylic acids is 1. The number of hydrogen-bond donors (Lipinski definition) is 2. The Hall–Kier alpha value is -1.84. The Morgan fingerprint density at radius 2 is 1.74 bits per heavy atom. The summed E-state index contributed by atoms with van der Waals surface area (Å²) >= 11 is 0. The lowest BCUT2D eigenvalue weighted by molar-refractivity contribution is -0.148. The van der Waals surface area contributed by atoms with E-state index in [-0.39, 0.29) is 11.8 Å². The Kier molecular flexibility index (Phi) is 4.55. The molecule has 1 aliphatic carbocycles. The van der Waals surface area contributed by atoms with Crippen LogP contribution in [0.3, 0.4) is 0 Å². The number of hydrogen-bond acceptors (Lipinski definition) is 2. The SMILES string of the molecule is O=C(O)[C@H]1CCCC[C@H]1C(=O)NCc1ccccc1. The fourth-order valence-corrected chi connectivity index (χ4v) is 2.66. The number of carbonyl (C=O) groups excluding carboxylic acids is 1. The van der Waals surface area contributed by atoms with Crippen LogP contribution in [0.2, 0.25) is 0 Å². The number of carboxylic acid groups (broad SMARTS) is 1. The summed E-state index contributed by atoms with van der Waals surface area (Å²) in [5.41, 5.74) is 1.03. The summed E-state index contributed by atoms with van der Waals surface area (Å²) in [5.74, 6) is -1.88. The van der Waals surface area contributed by atoms with Crippen molar-refractivity contribution in [1.29, 1.82) is 0 Å². The summed E-state index contributed by atoms with van der Waals surface area (Å²) in [6, 6.07) is 9.64. The van der Waals surface area contributed by atoms with E-state index in [2.05, 4.69) is 5.32 Å². The van der Waals surface area contributed by atoms with Gasteiger partial charge in [0, 0.05) is 6.54 Å². The third-order valence-corrected chi connectivity index (χ3v) is 3.73. The number of amides is 1. The van der Waals surface area contributed by atoms with Crippen molar-refractivity contribution in [3.63, 3.8) is 0 Å². The number of benzene rings is 1. The molecule has 0 heterocycles. The second-order valence-corrected chi connectivity index (χ2v) is 5.04. The monoisotopic (exact) mass is 261 g/mol. The first kappa shape index (κ1) is 13.6. The second kappa shape index (κ2) is 6.36. The fraction of sp³-hybridized carbons (Fsp3) is 0.467. The van der Waals surface area contributed by atoms with Gasteiger partial charge in [-0.3, -0.25) is 9.59 Å². The zero-order valence-corrected chi connectivity index (χ0v) is 10.8. The van der Waals surface area contributed by atoms with Gasteiger partial charge in [0.2, 0.25) is 5.91 Å². The molecule has 0 aliphatic heterocycles. The zero-order chi connectivity index (χ0) is 13.7. The molecule has 4 heteroatoms. The van der Waals surface area contributed by atoms with Crippen molar-refractivity contribution in [2.45, 2.75) is 32.2 Å². The number of carbonyl (C=O) groups is 2. The molecule has 1 saturated carbocycles. The highest BCUT2D eigenvalue weighted by Crippen LogP contribution is 2.30. The molecule has 1 aromatic carbocycles. The van der Waals surface area contributed by atoms with Gasteiger partial charge in [0.1, 0.15) is 0 Å². The van der Waals surface area contributed by atoms with Crippen LogP contribution in [-0.2, 0) is 16.1 Å². The molecule has 1 aliphatic rings. The lowest BCUT2D eigenvalue weighted by Crippen LogP contribution is -2.39. The number of rotatable bonds is 4. The van der Waals surface area contributed by atoms with Crippen molar-refractivity contribution >= 4 is 11.9 Å². The predicted octanol–water partition coefficient (Wildman–Crippen LogP) is 2.19. The molecule has 0 saturated heterocycles. The van der Waals surface area contributed by atoms with Crippen molar-refractivity contribution in [1.82, 2.24) is 5.32 Å². The Morgan fingerprint density at radius 3 is 2.37 bits per heavy atom. The molecule has 0 radical (unpaired) electrons. The van der Waals surface area contributed by atoms with Crippen LogP contribution < -0.4 is 5.32 Å². The van der Waals surface area contributed by atoms with E-state index in [4.69, 9.17) is 5.11 Å². The molecule has 2 atom stereocenters. The van der Waals surface area contributed by atoms with Crippen LogP contribution in [-0.4, -0.2) is 17.0 Å².